The summed E-state index contributed by atoms with van der Waals surface area (Å²) in [6, 6.07) is 5.33. The van der Waals surface area contributed by atoms with E-state index in [0.717, 1.165) is 6.07 Å². The Labute approximate surface area is 119 Å². The SMILES string of the molecule is NCC1CCC(C(=O)Nc2ccccc2OC(F)(F)F)O1. The van der Waals surface area contributed by atoms with E-state index < -0.39 is 24.1 Å². The van der Waals surface area contributed by atoms with Crippen LogP contribution >= 0.6 is 0 Å². The molecule has 1 aliphatic heterocycles. The second-order valence-corrected chi connectivity index (χ2v) is 4.59. The summed E-state index contributed by atoms with van der Waals surface area (Å²) in [6.45, 7) is 0.303. The van der Waals surface area contributed by atoms with Crippen molar-refractivity contribution >= 4 is 11.6 Å². The molecule has 0 aliphatic carbocycles. The molecule has 0 bridgehead atoms. The van der Waals surface area contributed by atoms with E-state index in [2.05, 4.69) is 10.1 Å². The highest BCUT2D eigenvalue weighted by Gasteiger charge is 2.33. The fourth-order valence-corrected chi connectivity index (χ4v) is 2.07. The van der Waals surface area contributed by atoms with Gasteiger partial charge in [0.15, 0.2) is 5.75 Å². The van der Waals surface area contributed by atoms with Crippen LogP contribution in [-0.4, -0.2) is 31.0 Å². The van der Waals surface area contributed by atoms with Crippen LogP contribution in [0, 0.1) is 0 Å². The standard InChI is InChI=1S/C13H15F3N2O3/c14-13(15,16)21-10-4-2-1-3-9(10)18-12(19)11-6-5-8(7-17)20-11/h1-4,8,11H,5-7,17H2,(H,18,19). The van der Waals surface area contributed by atoms with E-state index in [4.69, 9.17) is 10.5 Å². The number of carbonyl (C=O) groups excluding carboxylic acids is 1. The van der Waals surface area contributed by atoms with Crippen LogP contribution in [0.15, 0.2) is 24.3 Å². The van der Waals surface area contributed by atoms with Crippen molar-refractivity contribution in [1.29, 1.82) is 0 Å². The van der Waals surface area contributed by atoms with Crippen molar-refractivity contribution in [2.75, 3.05) is 11.9 Å². The summed E-state index contributed by atoms with van der Waals surface area (Å²) in [4.78, 5) is 12.0. The molecular weight excluding hydrogens is 289 g/mol. The predicted molar refractivity (Wildman–Crippen MR) is 68.7 cm³/mol. The molecule has 1 heterocycles. The van der Waals surface area contributed by atoms with Crippen molar-refractivity contribution in [3.05, 3.63) is 24.3 Å². The zero-order valence-corrected chi connectivity index (χ0v) is 11.0. The Balaban J connectivity index is 2.04. The van der Waals surface area contributed by atoms with E-state index in [1.165, 1.54) is 18.2 Å². The quantitative estimate of drug-likeness (QED) is 0.892. The van der Waals surface area contributed by atoms with Gasteiger partial charge < -0.3 is 20.5 Å². The summed E-state index contributed by atoms with van der Waals surface area (Å²) in [6.07, 6.45) is -4.60. The van der Waals surface area contributed by atoms with Gasteiger partial charge in [0.25, 0.3) is 5.91 Å². The number of carbonyl (C=O) groups is 1. The molecule has 0 spiro atoms. The van der Waals surface area contributed by atoms with Gasteiger partial charge in [0, 0.05) is 6.54 Å². The molecule has 21 heavy (non-hydrogen) atoms. The molecule has 8 heteroatoms. The number of nitrogens with two attached hydrogens (primary N) is 1. The van der Waals surface area contributed by atoms with Crippen molar-refractivity contribution < 1.29 is 27.4 Å². The van der Waals surface area contributed by atoms with E-state index in [0.29, 0.717) is 19.4 Å². The van der Waals surface area contributed by atoms with Crippen LogP contribution in [0.2, 0.25) is 0 Å². The number of halogens is 3. The zero-order chi connectivity index (χ0) is 15.5. The molecule has 1 fully saturated rings. The number of rotatable bonds is 4. The van der Waals surface area contributed by atoms with Crippen molar-refractivity contribution in [3.8, 4) is 5.75 Å². The molecule has 0 radical (unpaired) electrons. The van der Waals surface area contributed by atoms with E-state index in [9.17, 15) is 18.0 Å². The summed E-state index contributed by atoms with van der Waals surface area (Å²) in [5.74, 6) is -0.976. The molecule has 1 aliphatic rings. The van der Waals surface area contributed by atoms with Crippen molar-refractivity contribution in [2.24, 2.45) is 5.73 Å². The molecule has 2 atom stereocenters. The number of benzene rings is 1. The van der Waals surface area contributed by atoms with E-state index in [1.807, 2.05) is 0 Å². The minimum absolute atomic E-state index is 0.0559. The Morgan fingerprint density at radius 1 is 1.38 bits per heavy atom. The average molecular weight is 304 g/mol. The lowest BCUT2D eigenvalue weighted by atomic mass is 10.2. The third-order valence-electron chi connectivity index (χ3n) is 3.03. The molecule has 1 saturated heterocycles. The van der Waals surface area contributed by atoms with Gasteiger partial charge in [-0.25, -0.2) is 0 Å². The Hall–Kier alpha value is -1.80. The van der Waals surface area contributed by atoms with Crippen molar-refractivity contribution in [2.45, 2.75) is 31.4 Å². The lowest BCUT2D eigenvalue weighted by molar-refractivity contribution is -0.274. The molecule has 116 valence electrons. The largest absolute Gasteiger partial charge is 0.573 e. The third-order valence-corrected chi connectivity index (χ3v) is 3.03. The first-order chi connectivity index (χ1) is 9.89. The minimum atomic E-state index is -4.82. The number of hydrogen-bond acceptors (Lipinski definition) is 4. The Morgan fingerprint density at radius 2 is 2.10 bits per heavy atom. The lowest BCUT2D eigenvalue weighted by Gasteiger charge is -2.16. The molecule has 0 aromatic heterocycles. The van der Waals surface area contributed by atoms with E-state index >= 15 is 0 Å². The number of hydrogen-bond donors (Lipinski definition) is 2. The van der Waals surface area contributed by atoms with Crippen LogP contribution < -0.4 is 15.8 Å². The Morgan fingerprint density at radius 3 is 2.71 bits per heavy atom. The topological polar surface area (TPSA) is 73.6 Å². The number of nitrogens with one attached hydrogen (secondary N) is 1. The number of amides is 1. The van der Waals surface area contributed by atoms with Crippen LogP contribution in [-0.2, 0) is 9.53 Å². The highest BCUT2D eigenvalue weighted by molar-refractivity contribution is 5.95. The molecule has 0 saturated carbocycles. The molecule has 2 rings (SSSR count). The van der Waals surface area contributed by atoms with Gasteiger partial charge in [0.2, 0.25) is 0 Å². The maximum Gasteiger partial charge on any atom is 0.573 e. The monoisotopic (exact) mass is 304 g/mol. The molecule has 2 unspecified atom stereocenters. The molecule has 5 nitrogen and oxygen atoms in total. The number of anilines is 1. The highest BCUT2D eigenvalue weighted by Crippen LogP contribution is 2.30. The summed E-state index contributed by atoms with van der Waals surface area (Å²) >= 11 is 0. The van der Waals surface area contributed by atoms with Crippen molar-refractivity contribution in [1.82, 2.24) is 0 Å². The van der Waals surface area contributed by atoms with Gasteiger partial charge in [-0.05, 0) is 25.0 Å². The number of ether oxygens (including phenoxy) is 2. The van der Waals surface area contributed by atoms with Crippen LogP contribution in [0.4, 0.5) is 18.9 Å². The summed E-state index contributed by atoms with van der Waals surface area (Å²) < 4.78 is 46.1. The second-order valence-electron chi connectivity index (χ2n) is 4.59. The van der Waals surface area contributed by atoms with E-state index in [-0.39, 0.29) is 11.8 Å². The first-order valence-electron chi connectivity index (χ1n) is 6.40. The van der Waals surface area contributed by atoms with Gasteiger partial charge in [-0.2, -0.15) is 0 Å². The van der Waals surface area contributed by atoms with Gasteiger partial charge >= 0.3 is 6.36 Å². The second kappa shape index (κ2) is 6.31. The highest BCUT2D eigenvalue weighted by atomic mass is 19.4. The average Bonchev–Trinajstić information content (AvgIpc) is 2.88. The van der Waals surface area contributed by atoms with Gasteiger partial charge in [0.1, 0.15) is 6.10 Å². The van der Waals surface area contributed by atoms with Gasteiger partial charge in [-0.15, -0.1) is 13.2 Å². The first-order valence-corrected chi connectivity index (χ1v) is 6.40. The normalized spacial score (nSPS) is 22.1. The fraction of sp³-hybridized carbons (Fsp3) is 0.462. The van der Waals surface area contributed by atoms with Crippen LogP contribution in [0.1, 0.15) is 12.8 Å². The van der Waals surface area contributed by atoms with Crippen molar-refractivity contribution in [3.63, 3.8) is 0 Å². The fourth-order valence-electron chi connectivity index (χ4n) is 2.07. The summed E-state index contributed by atoms with van der Waals surface area (Å²) in [5, 5.41) is 2.39. The molecular formula is C13H15F3N2O3. The van der Waals surface area contributed by atoms with Gasteiger partial charge in [-0.1, -0.05) is 12.1 Å². The maximum absolute atomic E-state index is 12.3. The smallest absolute Gasteiger partial charge is 0.404 e. The van der Waals surface area contributed by atoms with Gasteiger partial charge in [-0.3, -0.25) is 4.79 Å². The molecule has 1 amide bonds. The van der Waals surface area contributed by atoms with Crippen LogP contribution in [0.5, 0.6) is 5.75 Å². The Bertz CT molecular complexity index is 508. The maximum atomic E-state index is 12.3. The molecule has 1 aromatic rings. The van der Waals surface area contributed by atoms with Gasteiger partial charge in [0.05, 0.1) is 11.8 Å². The third kappa shape index (κ3) is 4.33. The van der Waals surface area contributed by atoms with E-state index in [1.54, 1.807) is 0 Å². The lowest BCUT2D eigenvalue weighted by Crippen LogP contribution is -2.30. The summed E-state index contributed by atoms with van der Waals surface area (Å²) in [7, 11) is 0. The number of alkyl halides is 3. The Kier molecular flexibility index (Phi) is 4.69. The molecule has 1 aromatic carbocycles. The first kappa shape index (κ1) is 15.6. The predicted octanol–water partition coefficient (Wildman–Crippen LogP) is 2.03. The molecule has 3 N–H and O–H groups in total. The minimum Gasteiger partial charge on any atom is -0.404 e. The zero-order valence-electron chi connectivity index (χ0n) is 11.0. The van der Waals surface area contributed by atoms with Crippen LogP contribution in [0.25, 0.3) is 0 Å². The number of para-hydroxylation sites is 2. The summed E-state index contributed by atoms with van der Waals surface area (Å²) in [5.41, 5.74) is 5.38. The van der Waals surface area contributed by atoms with Crippen LogP contribution in [0.3, 0.4) is 0 Å².